The topological polar surface area (TPSA) is 59.3 Å². The van der Waals surface area contributed by atoms with E-state index in [-0.39, 0.29) is 12.2 Å². The Morgan fingerprint density at radius 1 is 1.42 bits per heavy atom. The number of aryl methyl sites for hydroxylation is 1. The zero-order chi connectivity index (χ0) is 14.6. The summed E-state index contributed by atoms with van der Waals surface area (Å²) in [6, 6.07) is 3.94. The minimum Gasteiger partial charge on any atom is -0.462 e. The Balaban J connectivity index is 3.38. The van der Waals surface area contributed by atoms with Crippen molar-refractivity contribution in [1.29, 1.82) is 5.26 Å². The summed E-state index contributed by atoms with van der Waals surface area (Å²) in [6.07, 6.45) is -5.00. The molecular formula is C12H10F3NO3. The molecule has 102 valence electrons. The molecule has 0 N–H and O–H groups in total. The van der Waals surface area contributed by atoms with Crippen LogP contribution in [0, 0.1) is 18.3 Å². The lowest BCUT2D eigenvalue weighted by Crippen LogP contribution is -2.20. The van der Waals surface area contributed by atoms with E-state index in [9.17, 15) is 18.0 Å². The molecule has 0 aliphatic heterocycles. The second-order valence-corrected chi connectivity index (χ2v) is 3.57. The van der Waals surface area contributed by atoms with Gasteiger partial charge in [-0.15, -0.1) is 13.2 Å². The van der Waals surface area contributed by atoms with Crippen LogP contribution in [0.3, 0.4) is 0 Å². The molecular weight excluding hydrogens is 263 g/mol. The first-order valence-corrected chi connectivity index (χ1v) is 5.26. The zero-order valence-electron chi connectivity index (χ0n) is 10.2. The summed E-state index contributed by atoms with van der Waals surface area (Å²) >= 11 is 0. The molecule has 0 heterocycles. The molecule has 0 saturated heterocycles. The van der Waals surface area contributed by atoms with Crippen molar-refractivity contribution < 1.29 is 27.4 Å². The molecule has 0 spiro atoms. The Kier molecular flexibility index (Phi) is 4.38. The number of rotatable bonds is 3. The third kappa shape index (κ3) is 3.88. The van der Waals surface area contributed by atoms with Gasteiger partial charge >= 0.3 is 12.3 Å². The van der Waals surface area contributed by atoms with Gasteiger partial charge in [0.25, 0.3) is 0 Å². The summed E-state index contributed by atoms with van der Waals surface area (Å²) in [5.41, 5.74) is -0.342. The van der Waals surface area contributed by atoms with E-state index in [1.54, 1.807) is 13.0 Å². The number of esters is 1. The Hall–Kier alpha value is -2.23. The molecule has 1 aromatic rings. The molecule has 0 radical (unpaired) electrons. The molecule has 0 bridgehead atoms. The fraction of sp³-hybridized carbons (Fsp3) is 0.333. The summed E-state index contributed by atoms with van der Waals surface area (Å²) in [5, 5.41) is 8.83. The number of benzene rings is 1. The van der Waals surface area contributed by atoms with Gasteiger partial charge in [0, 0.05) is 0 Å². The number of alkyl halides is 3. The van der Waals surface area contributed by atoms with Crippen molar-refractivity contribution in [1.82, 2.24) is 0 Å². The van der Waals surface area contributed by atoms with Crippen LogP contribution >= 0.6 is 0 Å². The van der Waals surface area contributed by atoms with Crippen molar-refractivity contribution in [2.75, 3.05) is 6.61 Å². The molecule has 1 rings (SSSR count). The minimum absolute atomic E-state index is 0.000119. The number of ether oxygens (including phenoxy) is 2. The normalized spacial score (nSPS) is 10.7. The number of nitrogens with zero attached hydrogens (tertiary/aromatic N) is 1. The average molecular weight is 273 g/mol. The van der Waals surface area contributed by atoms with Crippen LogP contribution in [0.1, 0.15) is 28.4 Å². The Morgan fingerprint density at radius 2 is 2.05 bits per heavy atom. The SMILES string of the molecule is CCOC(=O)c1cc(C)cc(C#N)c1OC(F)(F)F. The van der Waals surface area contributed by atoms with Crippen molar-refractivity contribution in [2.24, 2.45) is 0 Å². The van der Waals surface area contributed by atoms with Crippen molar-refractivity contribution >= 4 is 5.97 Å². The number of hydrogen-bond donors (Lipinski definition) is 0. The molecule has 1 aromatic carbocycles. The highest BCUT2D eigenvalue weighted by molar-refractivity contribution is 5.93. The van der Waals surface area contributed by atoms with Crippen LogP contribution < -0.4 is 4.74 Å². The van der Waals surface area contributed by atoms with Gasteiger partial charge in [-0.25, -0.2) is 4.79 Å². The third-order valence-corrected chi connectivity index (χ3v) is 2.07. The number of nitriles is 1. The van der Waals surface area contributed by atoms with E-state index in [1.165, 1.54) is 19.1 Å². The predicted molar refractivity (Wildman–Crippen MR) is 58.5 cm³/mol. The molecule has 0 fully saturated rings. The fourth-order valence-corrected chi connectivity index (χ4v) is 1.44. The number of halogens is 3. The van der Waals surface area contributed by atoms with Crippen molar-refractivity contribution in [3.05, 3.63) is 28.8 Å². The van der Waals surface area contributed by atoms with Crippen LogP contribution in [0.4, 0.5) is 13.2 Å². The molecule has 0 saturated carbocycles. The lowest BCUT2D eigenvalue weighted by molar-refractivity contribution is -0.274. The lowest BCUT2D eigenvalue weighted by atomic mass is 10.1. The quantitative estimate of drug-likeness (QED) is 0.794. The van der Waals surface area contributed by atoms with Gasteiger partial charge in [0.15, 0.2) is 5.75 Å². The van der Waals surface area contributed by atoms with E-state index in [1.807, 2.05) is 0 Å². The highest BCUT2D eigenvalue weighted by Gasteiger charge is 2.34. The number of carbonyl (C=O) groups excluding carboxylic acids is 1. The second-order valence-electron chi connectivity index (χ2n) is 3.57. The molecule has 0 atom stereocenters. The first-order valence-electron chi connectivity index (χ1n) is 5.26. The van der Waals surface area contributed by atoms with Gasteiger partial charge in [0.1, 0.15) is 11.6 Å². The van der Waals surface area contributed by atoms with Gasteiger partial charge in [0.05, 0.1) is 12.2 Å². The van der Waals surface area contributed by atoms with E-state index < -0.39 is 23.6 Å². The van der Waals surface area contributed by atoms with E-state index in [0.717, 1.165) is 0 Å². The first-order chi connectivity index (χ1) is 8.78. The van der Waals surface area contributed by atoms with Crippen LogP contribution in [-0.2, 0) is 4.74 Å². The van der Waals surface area contributed by atoms with Gasteiger partial charge in [-0.2, -0.15) is 5.26 Å². The maximum absolute atomic E-state index is 12.3. The molecule has 7 heteroatoms. The summed E-state index contributed by atoms with van der Waals surface area (Å²) in [5.74, 6) is -1.80. The molecule has 0 aliphatic rings. The van der Waals surface area contributed by atoms with Crippen molar-refractivity contribution in [2.45, 2.75) is 20.2 Å². The zero-order valence-corrected chi connectivity index (χ0v) is 10.2. The number of carbonyl (C=O) groups is 1. The Morgan fingerprint density at radius 3 is 2.53 bits per heavy atom. The van der Waals surface area contributed by atoms with Gasteiger partial charge < -0.3 is 9.47 Å². The summed E-state index contributed by atoms with van der Waals surface area (Å²) < 4.78 is 45.3. The average Bonchev–Trinajstić information content (AvgIpc) is 2.29. The van der Waals surface area contributed by atoms with Gasteiger partial charge in [-0.05, 0) is 31.5 Å². The smallest absolute Gasteiger partial charge is 0.462 e. The summed E-state index contributed by atoms with van der Waals surface area (Å²) in [7, 11) is 0. The largest absolute Gasteiger partial charge is 0.573 e. The maximum Gasteiger partial charge on any atom is 0.573 e. The molecule has 0 aromatic heterocycles. The molecule has 0 aliphatic carbocycles. The Bertz CT molecular complexity index is 532. The summed E-state index contributed by atoms with van der Waals surface area (Å²) in [4.78, 5) is 11.6. The van der Waals surface area contributed by atoms with Crippen LogP contribution in [0.25, 0.3) is 0 Å². The first kappa shape index (κ1) is 14.8. The van der Waals surface area contributed by atoms with Gasteiger partial charge in [-0.3, -0.25) is 0 Å². The predicted octanol–water partition coefficient (Wildman–Crippen LogP) is 2.94. The monoisotopic (exact) mass is 273 g/mol. The summed E-state index contributed by atoms with van der Waals surface area (Å²) in [6.45, 7) is 3.06. The van der Waals surface area contributed by atoms with E-state index >= 15 is 0 Å². The van der Waals surface area contributed by atoms with Crippen LogP contribution in [0.2, 0.25) is 0 Å². The van der Waals surface area contributed by atoms with Crippen LogP contribution in [0.5, 0.6) is 5.75 Å². The second kappa shape index (κ2) is 5.61. The standard InChI is InChI=1S/C12H10F3NO3/c1-3-18-11(17)9-5-7(2)4-8(6-16)10(9)19-12(13,14)15/h4-5H,3H2,1-2H3. The van der Waals surface area contributed by atoms with Gasteiger partial charge in [0.2, 0.25) is 0 Å². The highest BCUT2D eigenvalue weighted by Crippen LogP contribution is 2.31. The molecule has 4 nitrogen and oxygen atoms in total. The maximum atomic E-state index is 12.3. The van der Waals surface area contributed by atoms with Crippen LogP contribution in [-0.4, -0.2) is 18.9 Å². The fourth-order valence-electron chi connectivity index (χ4n) is 1.44. The molecule has 0 amide bonds. The van der Waals surface area contributed by atoms with E-state index in [4.69, 9.17) is 5.26 Å². The van der Waals surface area contributed by atoms with E-state index in [0.29, 0.717) is 5.56 Å². The van der Waals surface area contributed by atoms with Crippen molar-refractivity contribution in [3.63, 3.8) is 0 Å². The van der Waals surface area contributed by atoms with Crippen LogP contribution in [0.15, 0.2) is 12.1 Å². The molecule has 0 unspecified atom stereocenters. The third-order valence-electron chi connectivity index (χ3n) is 2.07. The molecule has 19 heavy (non-hydrogen) atoms. The Labute approximate surface area is 107 Å². The van der Waals surface area contributed by atoms with E-state index in [2.05, 4.69) is 9.47 Å². The highest BCUT2D eigenvalue weighted by atomic mass is 19.4. The number of hydrogen-bond acceptors (Lipinski definition) is 4. The van der Waals surface area contributed by atoms with Crippen molar-refractivity contribution in [3.8, 4) is 11.8 Å². The minimum atomic E-state index is -5.00. The van der Waals surface area contributed by atoms with Gasteiger partial charge in [-0.1, -0.05) is 0 Å². The lowest BCUT2D eigenvalue weighted by Gasteiger charge is -2.14.